The summed E-state index contributed by atoms with van der Waals surface area (Å²) in [7, 11) is 0. The Morgan fingerprint density at radius 1 is 1.44 bits per heavy atom. The van der Waals surface area contributed by atoms with Crippen LogP contribution in [0, 0.1) is 0 Å². The first-order valence-electron chi connectivity index (χ1n) is 5.53. The molecule has 0 unspecified atom stereocenters. The van der Waals surface area contributed by atoms with E-state index in [0.29, 0.717) is 6.42 Å². The first-order chi connectivity index (χ1) is 7.66. The number of carboxylic acids is 1. The van der Waals surface area contributed by atoms with Gasteiger partial charge in [0.25, 0.3) is 0 Å². The van der Waals surface area contributed by atoms with E-state index in [1.54, 1.807) is 0 Å². The molecule has 1 aromatic rings. The molecule has 0 spiro atoms. The number of benzene rings is 1. The molecule has 0 aliphatic heterocycles. The van der Waals surface area contributed by atoms with E-state index >= 15 is 0 Å². The van der Waals surface area contributed by atoms with Gasteiger partial charge in [-0.05, 0) is 24.0 Å². The third kappa shape index (κ3) is 2.23. The van der Waals surface area contributed by atoms with Crippen molar-refractivity contribution in [3.05, 3.63) is 35.4 Å². The van der Waals surface area contributed by atoms with Crippen molar-refractivity contribution in [2.75, 3.05) is 6.67 Å². The first-order valence-corrected chi connectivity index (χ1v) is 5.53. The number of aliphatic carboxylic acids is 1. The van der Waals surface area contributed by atoms with Crippen molar-refractivity contribution in [2.24, 2.45) is 0 Å². The van der Waals surface area contributed by atoms with Gasteiger partial charge in [-0.3, -0.25) is 9.18 Å². The van der Waals surface area contributed by atoms with Gasteiger partial charge >= 0.3 is 5.97 Å². The minimum Gasteiger partial charge on any atom is -0.481 e. The SMILES string of the molecule is O=C(O)CC1(c2cccc(CCF)c2)CC1. The molecule has 0 radical (unpaired) electrons. The molecule has 1 aliphatic rings. The van der Waals surface area contributed by atoms with Crippen molar-refractivity contribution in [1.29, 1.82) is 0 Å². The Hall–Kier alpha value is -1.38. The second-order valence-electron chi connectivity index (χ2n) is 4.49. The Kier molecular flexibility index (Phi) is 2.95. The van der Waals surface area contributed by atoms with Gasteiger partial charge in [0.1, 0.15) is 0 Å². The molecule has 1 fully saturated rings. The summed E-state index contributed by atoms with van der Waals surface area (Å²) in [5, 5.41) is 8.86. The quantitative estimate of drug-likeness (QED) is 0.831. The van der Waals surface area contributed by atoms with E-state index in [0.717, 1.165) is 24.0 Å². The molecular formula is C13H15FO2. The highest BCUT2D eigenvalue weighted by Crippen LogP contribution is 2.51. The van der Waals surface area contributed by atoms with Crippen LogP contribution in [0.25, 0.3) is 0 Å². The number of hydrogen-bond donors (Lipinski definition) is 1. The van der Waals surface area contributed by atoms with Gasteiger partial charge < -0.3 is 5.11 Å². The average molecular weight is 222 g/mol. The van der Waals surface area contributed by atoms with Crippen LogP contribution in [-0.2, 0) is 16.6 Å². The number of halogens is 1. The molecule has 86 valence electrons. The maximum atomic E-state index is 12.2. The summed E-state index contributed by atoms with van der Waals surface area (Å²) >= 11 is 0. The van der Waals surface area contributed by atoms with Crippen LogP contribution in [0.5, 0.6) is 0 Å². The molecular weight excluding hydrogens is 207 g/mol. The summed E-state index contributed by atoms with van der Waals surface area (Å²) in [6.07, 6.45) is 2.46. The molecule has 2 nitrogen and oxygen atoms in total. The van der Waals surface area contributed by atoms with Gasteiger partial charge in [-0.15, -0.1) is 0 Å². The largest absolute Gasteiger partial charge is 0.481 e. The van der Waals surface area contributed by atoms with E-state index in [1.807, 2.05) is 24.3 Å². The molecule has 0 amide bonds. The van der Waals surface area contributed by atoms with Crippen LogP contribution < -0.4 is 0 Å². The summed E-state index contributed by atoms with van der Waals surface area (Å²) in [6.45, 7) is -0.366. The van der Waals surface area contributed by atoms with E-state index in [4.69, 9.17) is 5.11 Å². The van der Waals surface area contributed by atoms with Crippen LogP contribution in [0.15, 0.2) is 24.3 Å². The lowest BCUT2D eigenvalue weighted by atomic mass is 9.91. The van der Waals surface area contributed by atoms with Crippen LogP contribution in [0.1, 0.15) is 30.4 Å². The molecule has 2 rings (SSSR count). The predicted molar refractivity (Wildman–Crippen MR) is 59.3 cm³/mol. The molecule has 0 heterocycles. The zero-order valence-electron chi connectivity index (χ0n) is 9.08. The van der Waals surface area contributed by atoms with Crippen molar-refractivity contribution in [3.63, 3.8) is 0 Å². The number of carbonyl (C=O) groups is 1. The van der Waals surface area contributed by atoms with Crippen LogP contribution in [-0.4, -0.2) is 17.8 Å². The van der Waals surface area contributed by atoms with Crippen molar-refractivity contribution in [3.8, 4) is 0 Å². The van der Waals surface area contributed by atoms with E-state index in [9.17, 15) is 9.18 Å². The third-order valence-corrected chi connectivity index (χ3v) is 3.27. The fourth-order valence-electron chi connectivity index (χ4n) is 2.17. The standard InChI is InChI=1S/C13H15FO2/c14-7-4-10-2-1-3-11(8-10)13(5-6-13)9-12(15)16/h1-3,8H,4-7,9H2,(H,15,16). The van der Waals surface area contributed by atoms with Crippen LogP contribution in [0.2, 0.25) is 0 Å². The fourth-order valence-corrected chi connectivity index (χ4v) is 2.17. The normalized spacial score (nSPS) is 17.1. The molecule has 1 aromatic carbocycles. The van der Waals surface area contributed by atoms with Gasteiger partial charge in [0.2, 0.25) is 0 Å². The molecule has 3 heteroatoms. The molecule has 0 atom stereocenters. The van der Waals surface area contributed by atoms with Gasteiger partial charge in [-0.2, -0.15) is 0 Å². The lowest BCUT2D eigenvalue weighted by Gasteiger charge is -2.14. The monoisotopic (exact) mass is 222 g/mol. The van der Waals surface area contributed by atoms with Crippen LogP contribution in [0.3, 0.4) is 0 Å². The minimum absolute atomic E-state index is 0.168. The average Bonchev–Trinajstić information content (AvgIpc) is 2.99. The van der Waals surface area contributed by atoms with Crippen LogP contribution >= 0.6 is 0 Å². The Morgan fingerprint density at radius 3 is 2.75 bits per heavy atom. The van der Waals surface area contributed by atoms with Gasteiger partial charge in [-0.1, -0.05) is 24.3 Å². The highest BCUT2D eigenvalue weighted by atomic mass is 19.1. The summed E-state index contributed by atoms with van der Waals surface area (Å²) in [4.78, 5) is 10.8. The van der Waals surface area contributed by atoms with Crippen molar-refractivity contribution >= 4 is 5.97 Å². The molecule has 1 saturated carbocycles. The molecule has 1 N–H and O–H groups in total. The van der Waals surface area contributed by atoms with Crippen LogP contribution in [0.4, 0.5) is 4.39 Å². The van der Waals surface area contributed by atoms with Gasteiger partial charge in [0, 0.05) is 11.8 Å². The van der Waals surface area contributed by atoms with E-state index in [-0.39, 0.29) is 18.5 Å². The lowest BCUT2D eigenvalue weighted by molar-refractivity contribution is -0.137. The second-order valence-corrected chi connectivity index (χ2v) is 4.49. The maximum absolute atomic E-state index is 12.2. The van der Waals surface area contributed by atoms with E-state index < -0.39 is 5.97 Å². The topological polar surface area (TPSA) is 37.3 Å². The Balaban J connectivity index is 2.20. The molecule has 1 aliphatic carbocycles. The van der Waals surface area contributed by atoms with Gasteiger partial charge in [-0.25, -0.2) is 0 Å². The molecule has 0 aromatic heterocycles. The third-order valence-electron chi connectivity index (χ3n) is 3.27. The first kappa shape index (κ1) is 11.1. The summed E-state index contributed by atoms with van der Waals surface area (Å²) < 4.78 is 12.2. The van der Waals surface area contributed by atoms with Crippen molar-refractivity contribution in [1.82, 2.24) is 0 Å². The molecule has 16 heavy (non-hydrogen) atoms. The zero-order chi connectivity index (χ0) is 11.6. The number of rotatable bonds is 5. The Morgan fingerprint density at radius 2 is 2.19 bits per heavy atom. The Labute approximate surface area is 94.1 Å². The van der Waals surface area contributed by atoms with Gasteiger partial charge in [0.15, 0.2) is 0 Å². The summed E-state index contributed by atoms with van der Waals surface area (Å²) in [6, 6.07) is 7.69. The second kappa shape index (κ2) is 4.24. The van der Waals surface area contributed by atoms with Crippen molar-refractivity contribution in [2.45, 2.75) is 31.1 Å². The highest BCUT2D eigenvalue weighted by Gasteiger charge is 2.45. The fraction of sp³-hybridized carbons (Fsp3) is 0.462. The summed E-state index contributed by atoms with van der Waals surface area (Å²) in [5.41, 5.74) is 1.84. The van der Waals surface area contributed by atoms with E-state index in [2.05, 4.69) is 0 Å². The van der Waals surface area contributed by atoms with E-state index in [1.165, 1.54) is 0 Å². The van der Waals surface area contributed by atoms with Gasteiger partial charge in [0.05, 0.1) is 13.1 Å². The predicted octanol–water partition coefficient (Wildman–Crippen LogP) is 2.70. The molecule has 0 saturated heterocycles. The number of aryl methyl sites for hydroxylation is 1. The Bertz CT molecular complexity index is 397. The molecule has 0 bridgehead atoms. The summed E-state index contributed by atoms with van der Waals surface area (Å²) in [5.74, 6) is -0.756. The minimum atomic E-state index is -0.756. The van der Waals surface area contributed by atoms with Crippen molar-refractivity contribution < 1.29 is 14.3 Å². The number of hydrogen-bond acceptors (Lipinski definition) is 1. The number of alkyl halides is 1. The zero-order valence-corrected chi connectivity index (χ0v) is 9.08. The number of carboxylic acid groups (broad SMARTS) is 1. The maximum Gasteiger partial charge on any atom is 0.304 e. The smallest absolute Gasteiger partial charge is 0.304 e. The lowest BCUT2D eigenvalue weighted by Crippen LogP contribution is -2.13. The highest BCUT2D eigenvalue weighted by molar-refractivity contribution is 5.70.